The van der Waals surface area contributed by atoms with Crippen LogP contribution in [0.5, 0.6) is 17.4 Å². The molecule has 3 aromatic rings. The molecule has 1 aromatic carbocycles. The Hall–Kier alpha value is -3.35. The van der Waals surface area contributed by atoms with Gasteiger partial charge in [-0.2, -0.15) is 0 Å². The van der Waals surface area contributed by atoms with E-state index in [-0.39, 0.29) is 11.8 Å². The fourth-order valence-electron chi connectivity index (χ4n) is 3.63. The average molecular weight is 407 g/mol. The monoisotopic (exact) mass is 407 g/mol. The predicted molar refractivity (Wildman–Crippen MR) is 114 cm³/mol. The minimum absolute atomic E-state index is 0.0506. The standard InChI is InChI=1S/C23H25N3O4/c1-23(2)15(12-25-22(23)27)13-30-21-16-6-5-9-24-18(16)11-17(26-21)14-7-8-19(28-3)20(10-14)29-4/h5-11,15H,12-13H2,1-4H3,(H,25,27). The topological polar surface area (TPSA) is 82.6 Å². The fraction of sp³-hybridized carbons (Fsp3) is 0.348. The summed E-state index contributed by atoms with van der Waals surface area (Å²) in [5, 5.41) is 3.75. The van der Waals surface area contributed by atoms with Gasteiger partial charge < -0.3 is 19.5 Å². The summed E-state index contributed by atoms with van der Waals surface area (Å²) in [6, 6.07) is 11.4. The molecular weight excluding hydrogens is 382 g/mol. The molecule has 0 saturated carbocycles. The quantitative estimate of drug-likeness (QED) is 0.674. The highest BCUT2D eigenvalue weighted by atomic mass is 16.5. The first-order valence-electron chi connectivity index (χ1n) is 9.83. The van der Waals surface area contributed by atoms with Gasteiger partial charge in [-0.25, -0.2) is 4.98 Å². The summed E-state index contributed by atoms with van der Waals surface area (Å²) >= 11 is 0. The highest BCUT2D eigenvalue weighted by molar-refractivity contribution is 5.87. The number of rotatable bonds is 6. The number of nitrogens with one attached hydrogen (secondary N) is 1. The van der Waals surface area contributed by atoms with Crippen molar-refractivity contribution in [3.63, 3.8) is 0 Å². The summed E-state index contributed by atoms with van der Waals surface area (Å²) in [5.41, 5.74) is 1.89. The van der Waals surface area contributed by atoms with Gasteiger partial charge in [-0.15, -0.1) is 0 Å². The molecule has 3 heterocycles. The molecule has 156 valence electrons. The normalized spacial score (nSPS) is 17.6. The van der Waals surface area contributed by atoms with Gasteiger partial charge in [-0.1, -0.05) is 13.8 Å². The van der Waals surface area contributed by atoms with Crippen LogP contribution < -0.4 is 19.5 Å². The van der Waals surface area contributed by atoms with Crippen molar-refractivity contribution < 1.29 is 19.0 Å². The van der Waals surface area contributed by atoms with Crippen LogP contribution in [0.4, 0.5) is 0 Å². The van der Waals surface area contributed by atoms with Gasteiger partial charge in [-0.05, 0) is 36.4 Å². The third kappa shape index (κ3) is 3.51. The Morgan fingerprint density at radius 2 is 1.93 bits per heavy atom. The van der Waals surface area contributed by atoms with E-state index in [0.29, 0.717) is 30.5 Å². The Morgan fingerprint density at radius 3 is 2.63 bits per heavy atom. The smallest absolute Gasteiger partial charge is 0.226 e. The number of methoxy groups -OCH3 is 2. The van der Waals surface area contributed by atoms with E-state index in [1.165, 1.54) is 0 Å². The van der Waals surface area contributed by atoms with E-state index < -0.39 is 5.41 Å². The SMILES string of the molecule is COc1ccc(-c2cc3ncccc3c(OCC3CNC(=O)C3(C)C)n2)cc1OC. The highest BCUT2D eigenvalue weighted by Crippen LogP contribution is 2.35. The number of fused-ring (bicyclic) bond motifs is 1. The molecule has 7 heteroatoms. The molecule has 30 heavy (non-hydrogen) atoms. The maximum atomic E-state index is 12.1. The van der Waals surface area contributed by atoms with Crippen molar-refractivity contribution in [2.75, 3.05) is 27.4 Å². The zero-order valence-electron chi connectivity index (χ0n) is 17.6. The predicted octanol–water partition coefficient (Wildman–Crippen LogP) is 3.47. The summed E-state index contributed by atoms with van der Waals surface area (Å²) in [4.78, 5) is 21.3. The minimum atomic E-state index is -0.477. The molecule has 1 saturated heterocycles. The van der Waals surface area contributed by atoms with Crippen molar-refractivity contribution in [2.45, 2.75) is 13.8 Å². The Morgan fingerprint density at radius 1 is 1.13 bits per heavy atom. The van der Waals surface area contributed by atoms with Gasteiger partial charge >= 0.3 is 0 Å². The molecule has 1 aliphatic heterocycles. The summed E-state index contributed by atoms with van der Waals surface area (Å²) in [7, 11) is 3.20. The lowest BCUT2D eigenvalue weighted by atomic mass is 9.82. The van der Waals surface area contributed by atoms with Crippen molar-refractivity contribution in [3.8, 4) is 28.6 Å². The van der Waals surface area contributed by atoms with E-state index in [1.807, 2.05) is 50.2 Å². The number of hydrogen-bond acceptors (Lipinski definition) is 6. The molecule has 1 atom stereocenters. The second-order valence-corrected chi connectivity index (χ2v) is 7.89. The number of pyridine rings is 2. The second-order valence-electron chi connectivity index (χ2n) is 7.89. The van der Waals surface area contributed by atoms with Gasteiger partial charge in [0.05, 0.1) is 42.8 Å². The van der Waals surface area contributed by atoms with Crippen molar-refractivity contribution in [1.82, 2.24) is 15.3 Å². The second kappa shape index (κ2) is 7.82. The number of aromatic nitrogens is 2. The Balaban J connectivity index is 1.71. The summed E-state index contributed by atoms with van der Waals surface area (Å²) in [6.07, 6.45) is 1.74. The Bertz CT molecular complexity index is 1100. The number of nitrogens with zero attached hydrogens (tertiary/aromatic N) is 2. The van der Waals surface area contributed by atoms with Crippen LogP contribution in [0.25, 0.3) is 22.2 Å². The van der Waals surface area contributed by atoms with Crippen LogP contribution in [0.1, 0.15) is 13.8 Å². The lowest BCUT2D eigenvalue weighted by molar-refractivity contribution is -0.127. The number of hydrogen-bond donors (Lipinski definition) is 1. The largest absolute Gasteiger partial charge is 0.493 e. The third-order valence-corrected chi connectivity index (χ3v) is 5.78. The number of amides is 1. The van der Waals surface area contributed by atoms with Gasteiger partial charge in [0.25, 0.3) is 0 Å². The molecule has 0 radical (unpaired) electrons. The minimum Gasteiger partial charge on any atom is -0.493 e. The number of carbonyl (C=O) groups is 1. The number of ether oxygens (including phenoxy) is 3. The maximum absolute atomic E-state index is 12.1. The molecule has 1 fully saturated rings. The van der Waals surface area contributed by atoms with Gasteiger partial charge in [0.2, 0.25) is 11.8 Å². The zero-order valence-corrected chi connectivity index (χ0v) is 17.6. The van der Waals surface area contributed by atoms with Crippen molar-refractivity contribution >= 4 is 16.8 Å². The first kappa shape index (κ1) is 19.9. The summed E-state index contributed by atoms with van der Waals surface area (Å²) in [5.74, 6) is 1.88. The third-order valence-electron chi connectivity index (χ3n) is 5.78. The van der Waals surface area contributed by atoms with Gasteiger partial charge in [0.1, 0.15) is 0 Å². The van der Waals surface area contributed by atoms with Crippen LogP contribution in [0.2, 0.25) is 0 Å². The molecule has 0 bridgehead atoms. The van der Waals surface area contributed by atoms with Gasteiger partial charge in [-0.3, -0.25) is 9.78 Å². The lowest BCUT2D eigenvalue weighted by Crippen LogP contribution is -2.31. The van der Waals surface area contributed by atoms with Crippen LogP contribution in [0.15, 0.2) is 42.6 Å². The maximum Gasteiger partial charge on any atom is 0.226 e. The van der Waals surface area contributed by atoms with Crippen LogP contribution in [-0.2, 0) is 4.79 Å². The van der Waals surface area contributed by atoms with E-state index in [9.17, 15) is 4.79 Å². The van der Waals surface area contributed by atoms with Crippen LogP contribution in [0.3, 0.4) is 0 Å². The van der Waals surface area contributed by atoms with Gasteiger partial charge in [0, 0.05) is 24.2 Å². The molecule has 2 aromatic heterocycles. The fourth-order valence-corrected chi connectivity index (χ4v) is 3.63. The number of carbonyl (C=O) groups excluding carboxylic acids is 1. The lowest BCUT2D eigenvalue weighted by Gasteiger charge is -2.23. The first-order valence-corrected chi connectivity index (χ1v) is 9.83. The Labute approximate surface area is 175 Å². The molecule has 1 amide bonds. The van der Waals surface area contributed by atoms with E-state index >= 15 is 0 Å². The summed E-state index contributed by atoms with van der Waals surface area (Å²) < 4.78 is 16.9. The molecule has 1 N–H and O–H groups in total. The first-order chi connectivity index (χ1) is 14.4. The highest BCUT2D eigenvalue weighted by Gasteiger charge is 2.42. The summed E-state index contributed by atoms with van der Waals surface area (Å²) in [6.45, 7) is 4.86. The average Bonchev–Trinajstić information content (AvgIpc) is 3.03. The molecule has 1 aliphatic rings. The van der Waals surface area contributed by atoms with E-state index in [0.717, 1.165) is 22.2 Å². The Kier molecular flexibility index (Phi) is 5.20. The van der Waals surface area contributed by atoms with Crippen LogP contribution in [-0.4, -0.2) is 43.2 Å². The molecule has 0 aliphatic carbocycles. The molecule has 1 unspecified atom stereocenters. The zero-order chi connectivity index (χ0) is 21.3. The molecule has 0 spiro atoms. The van der Waals surface area contributed by atoms with E-state index in [4.69, 9.17) is 19.2 Å². The van der Waals surface area contributed by atoms with E-state index in [1.54, 1.807) is 20.4 Å². The van der Waals surface area contributed by atoms with Crippen LogP contribution >= 0.6 is 0 Å². The molecule has 7 nitrogen and oxygen atoms in total. The number of benzene rings is 1. The van der Waals surface area contributed by atoms with Crippen molar-refractivity contribution in [1.29, 1.82) is 0 Å². The van der Waals surface area contributed by atoms with Crippen molar-refractivity contribution in [2.24, 2.45) is 11.3 Å². The molecular formula is C23H25N3O4. The van der Waals surface area contributed by atoms with Gasteiger partial charge in [0.15, 0.2) is 11.5 Å². The molecule has 4 rings (SSSR count). The van der Waals surface area contributed by atoms with Crippen LogP contribution in [0, 0.1) is 11.3 Å². The van der Waals surface area contributed by atoms with Crippen molar-refractivity contribution in [3.05, 3.63) is 42.6 Å². The van der Waals surface area contributed by atoms with E-state index in [2.05, 4.69) is 10.3 Å².